The highest BCUT2D eigenvalue weighted by atomic mass is 19.4. The average Bonchev–Trinajstić information content (AvgIpc) is 2.68. The summed E-state index contributed by atoms with van der Waals surface area (Å²) in [6, 6.07) is 10.5. The number of halogens is 3. The van der Waals surface area contributed by atoms with Crippen LogP contribution in [0.3, 0.4) is 0 Å². The van der Waals surface area contributed by atoms with E-state index in [4.69, 9.17) is 0 Å². The van der Waals surface area contributed by atoms with Gasteiger partial charge in [-0.15, -0.1) is 0 Å². The first-order chi connectivity index (χ1) is 12.8. The normalized spacial score (nSPS) is 15.8. The van der Waals surface area contributed by atoms with Gasteiger partial charge in [-0.3, -0.25) is 4.79 Å². The van der Waals surface area contributed by atoms with Crippen molar-refractivity contribution in [2.45, 2.75) is 13.1 Å². The number of piperazine rings is 1. The summed E-state index contributed by atoms with van der Waals surface area (Å²) in [5.41, 5.74) is 0.603. The van der Waals surface area contributed by atoms with Gasteiger partial charge in [0.05, 0.1) is 0 Å². The standard InChI is InChI=1S/C19H19F3N4O/c1-14(11-15-5-3-2-4-6-15)18(27)26-9-7-25(8-10-26)17-12-16(19(20,21)22)23-13-24-17/h2-6,11-13H,7-10H2,1H3/b14-11+. The molecule has 0 aliphatic carbocycles. The van der Waals surface area contributed by atoms with Gasteiger partial charge in [0.25, 0.3) is 0 Å². The molecule has 0 N–H and O–H groups in total. The maximum atomic E-state index is 12.8. The largest absolute Gasteiger partial charge is 0.433 e. The zero-order valence-electron chi connectivity index (χ0n) is 14.8. The van der Waals surface area contributed by atoms with Crippen LogP contribution in [0.4, 0.5) is 19.0 Å². The van der Waals surface area contributed by atoms with Crippen molar-refractivity contribution in [2.24, 2.45) is 0 Å². The topological polar surface area (TPSA) is 49.3 Å². The number of amides is 1. The van der Waals surface area contributed by atoms with E-state index in [2.05, 4.69) is 9.97 Å². The highest BCUT2D eigenvalue weighted by molar-refractivity contribution is 5.97. The van der Waals surface area contributed by atoms with Gasteiger partial charge < -0.3 is 9.80 Å². The fourth-order valence-corrected chi connectivity index (χ4v) is 2.92. The molecule has 142 valence electrons. The van der Waals surface area contributed by atoms with E-state index in [-0.39, 0.29) is 11.7 Å². The van der Waals surface area contributed by atoms with E-state index in [1.165, 1.54) is 0 Å². The van der Waals surface area contributed by atoms with Crippen LogP contribution in [0.25, 0.3) is 6.08 Å². The Morgan fingerprint density at radius 1 is 1.07 bits per heavy atom. The van der Waals surface area contributed by atoms with E-state index in [1.54, 1.807) is 16.7 Å². The fraction of sp³-hybridized carbons (Fsp3) is 0.316. The molecule has 3 rings (SSSR count). The summed E-state index contributed by atoms with van der Waals surface area (Å²) in [6.45, 7) is 3.44. The monoisotopic (exact) mass is 376 g/mol. The van der Waals surface area contributed by atoms with E-state index in [9.17, 15) is 18.0 Å². The molecule has 1 aliphatic heterocycles. The molecule has 5 nitrogen and oxygen atoms in total. The van der Waals surface area contributed by atoms with E-state index < -0.39 is 11.9 Å². The number of carbonyl (C=O) groups excluding carboxylic acids is 1. The van der Waals surface area contributed by atoms with Gasteiger partial charge in [0.2, 0.25) is 5.91 Å². The van der Waals surface area contributed by atoms with Gasteiger partial charge in [0, 0.05) is 37.8 Å². The van der Waals surface area contributed by atoms with Gasteiger partial charge in [-0.25, -0.2) is 9.97 Å². The molecule has 0 atom stereocenters. The molecule has 1 aliphatic rings. The van der Waals surface area contributed by atoms with Gasteiger partial charge in [-0.2, -0.15) is 13.2 Å². The van der Waals surface area contributed by atoms with Crippen LogP contribution < -0.4 is 4.90 Å². The number of rotatable bonds is 3. The number of alkyl halides is 3. The minimum atomic E-state index is -4.51. The predicted octanol–water partition coefficient (Wildman–Crippen LogP) is 3.25. The number of benzene rings is 1. The molecular formula is C19H19F3N4O. The minimum absolute atomic E-state index is 0.0721. The smallest absolute Gasteiger partial charge is 0.353 e. The Morgan fingerprint density at radius 2 is 1.74 bits per heavy atom. The first-order valence-electron chi connectivity index (χ1n) is 8.51. The fourth-order valence-electron chi connectivity index (χ4n) is 2.92. The number of hydrogen-bond donors (Lipinski definition) is 0. The lowest BCUT2D eigenvalue weighted by Crippen LogP contribution is -2.49. The molecule has 0 radical (unpaired) electrons. The van der Waals surface area contributed by atoms with Crippen molar-refractivity contribution in [1.29, 1.82) is 0 Å². The number of hydrogen-bond acceptors (Lipinski definition) is 4. The van der Waals surface area contributed by atoms with Crippen molar-refractivity contribution in [3.63, 3.8) is 0 Å². The molecular weight excluding hydrogens is 357 g/mol. The molecule has 0 saturated carbocycles. The molecule has 1 aromatic carbocycles. The van der Waals surface area contributed by atoms with Crippen molar-refractivity contribution in [2.75, 3.05) is 31.1 Å². The van der Waals surface area contributed by atoms with Gasteiger partial charge in [-0.1, -0.05) is 30.3 Å². The molecule has 0 bridgehead atoms. The summed E-state index contributed by atoms with van der Waals surface area (Å²) < 4.78 is 38.4. The Balaban J connectivity index is 1.63. The van der Waals surface area contributed by atoms with Gasteiger partial charge in [0.1, 0.15) is 17.8 Å². The molecule has 1 aromatic heterocycles. The summed E-state index contributed by atoms with van der Waals surface area (Å²) in [5, 5.41) is 0. The van der Waals surface area contributed by atoms with E-state index in [0.29, 0.717) is 31.8 Å². The Bertz CT molecular complexity index is 828. The maximum Gasteiger partial charge on any atom is 0.433 e. The lowest BCUT2D eigenvalue weighted by atomic mass is 10.1. The lowest BCUT2D eigenvalue weighted by Gasteiger charge is -2.35. The van der Waals surface area contributed by atoms with Crippen LogP contribution in [0.15, 0.2) is 48.3 Å². The Hall–Kier alpha value is -2.90. The van der Waals surface area contributed by atoms with Crippen LogP contribution in [0.5, 0.6) is 0 Å². The first kappa shape index (κ1) is 18.9. The number of anilines is 1. The van der Waals surface area contributed by atoms with Crippen molar-refractivity contribution in [3.05, 3.63) is 59.6 Å². The highest BCUT2D eigenvalue weighted by Gasteiger charge is 2.33. The molecule has 0 spiro atoms. The predicted molar refractivity (Wildman–Crippen MR) is 95.9 cm³/mol. The number of carbonyl (C=O) groups is 1. The summed E-state index contributed by atoms with van der Waals surface area (Å²) in [4.78, 5) is 23.2. The summed E-state index contributed by atoms with van der Waals surface area (Å²) >= 11 is 0. The van der Waals surface area contributed by atoms with Crippen molar-refractivity contribution in [3.8, 4) is 0 Å². The van der Waals surface area contributed by atoms with Crippen LogP contribution in [-0.2, 0) is 11.0 Å². The summed E-state index contributed by atoms with van der Waals surface area (Å²) in [6.07, 6.45) is -1.76. The van der Waals surface area contributed by atoms with Crippen LogP contribution in [0, 0.1) is 0 Å². The lowest BCUT2D eigenvalue weighted by molar-refractivity contribution is -0.141. The van der Waals surface area contributed by atoms with Crippen LogP contribution in [0.1, 0.15) is 18.2 Å². The quantitative estimate of drug-likeness (QED) is 0.772. The highest BCUT2D eigenvalue weighted by Crippen LogP contribution is 2.29. The minimum Gasteiger partial charge on any atom is -0.353 e. The van der Waals surface area contributed by atoms with Crippen molar-refractivity contribution in [1.82, 2.24) is 14.9 Å². The second kappa shape index (κ2) is 7.77. The molecule has 1 fully saturated rings. The first-order valence-corrected chi connectivity index (χ1v) is 8.51. The van der Waals surface area contributed by atoms with E-state index >= 15 is 0 Å². The second-order valence-electron chi connectivity index (χ2n) is 6.28. The zero-order valence-corrected chi connectivity index (χ0v) is 14.8. The third kappa shape index (κ3) is 4.64. The van der Waals surface area contributed by atoms with Crippen LogP contribution >= 0.6 is 0 Å². The van der Waals surface area contributed by atoms with Crippen LogP contribution in [0.2, 0.25) is 0 Å². The summed E-state index contributed by atoms with van der Waals surface area (Å²) in [7, 11) is 0. The average molecular weight is 376 g/mol. The molecule has 27 heavy (non-hydrogen) atoms. The third-order valence-electron chi connectivity index (χ3n) is 4.35. The maximum absolute atomic E-state index is 12.8. The van der Waals surface area contributed by atoms with Gasteiger partial charge in [0.15, 0.2) is 0 Å². The molecule has 2 aromatic rings. The SMILES string of the molecule is C/C(=C\c1ccccc1)C(=O)N1CCN(c2cc(C(F)(F)F)ncn2)CC1. The second-order valence-corrected chi connectivity index (χ2v) is 6.28. The number of nitrogens with zero attached hydrogens (tertiary/aromatic N) is 4. The molecule has 8 heteroatoms. The number of aromatic nitrogens is 2. The molecule has 1 saturated heterocycles. The van der Waals surface area contributed by atoms with Gasteiger partial charge >= 0.3 is 6.18 Å². The van der Waals surface area contributed by atoms with Crippen LogP contribution in [-0.4, -0.2) is 47.0 Å². The Labute approximate surface area is 155 Å². The molecule has 2 heterocycles. The summed E-state index contributed by atoms with van der Waals surface area (Å²) in [5.74, 6) is 0.151. The zero-order chi connectivity index (χ0) is 19.4. The van der Waals surface area contributed by atoms with Crippen molar-refractivity contribution >= 4 is 17.8 Å². The Kier molecular flexibility index (Phi) is 5.43. The molecule has 0 unspecified atom stereocenters. The van der Waals surface area contributed by atoms with E-state index in [0.717, 1.165) is 18.0 Å². The van der Waals surface area contributed by atoms with Crippen molar-refractivity contribution < 1.29 is 18.0 Å². The Morgan fingerprint density at radius 3 is 2.37 bits per heavy atom. The van der Waals surface area contributed by atoms with E-state index in [1.807, 2.05) is 36.4 Å². The van der Waals surface area contributed by atoms with Gasteiger partial charge in [-0.05, 0) is 18.6 Å². The molecule has 1 amide bonds. The third-order valence-corrected chi connectivity index (χ3v) is 4.35.